The maximum absolute atomic E-state index is 12.5. The van der Waals surface area contributed by atoms with Gasteiger partial charge in [-0.3, -0.25) is 9.59 Å². The van der Waals surface area contributed by atoms with Gasteiger partial charge in [0.25, 0.3) is 5.91 Å². The van der Waals surface area contributed by atoms with Crippen molar-refractivity contribution in [1.29, 1.82) is 0 Å². The first kappa shape index (κ1) is 16.2. The standard InChI is InChI=1S/C18H21N3O3/c1-3-24-18-12(6-5-9-19-18)10-20-17(23)16-11(2)15-13(21-16)7-4-8-14(15)22/h5-6,9,21H,3-4,7-8,10H2,1-2H3,(H,20,23). The third-order valence-electron chi connectivity index (χ3n) is 4.23. The van der Waals surface area contributed by atoms with Crippen LogP contribution in [-0.2, 0) is 13.0 Å². The summed E-state index contributed by atoms with van der Waals surface area (Å²) in [6, 6.07) is 3.68. The largest absolute Gasteiger partial charge is 0.478 e. The summed E-state index contributed by atoms with van der Waals surface area (Å²) < 4.78 is 5.46. The van der Waals surface area contributed by atoms with Crippen molar-refractivity contribution in [2.24, 2.45) is 0 Å². The Bertz CT molecular complexity index is 780. The molecule has 0 saturated carbocycles. The number of fused-ring (bicyclic) bond motifs is 1. The normalized spacial score (nSPS) is 13.5. The van der Waals surface area contributed by atoms with Crippen molar-refractivity contribution in [2.75, 3.05) is 6.61 Å². The van der Waals surface area contributed by atoms with Gasteiger partial charge in [0.15, 0.2) is 5.78 Å². The molecular weight excluding hydrogens is 306 g/mol. The zero-order valence-electron chi connectivity index (χ0n) is 13.9. The highest BCUT2D eigenvalue weighted by Crippen LogP contribution is 2.26. The number of hydrogen-bond acceptors (Lipinski definition) is 4. The Morgan fingerprint density at radius 1 is 1.42 bits per heavy atom. The molecule has 0 atom stereocenters. The number of amides is 1. The van der Waals surface area contributed by atoms with E-state index in [2.05, 4.69) is 15.3 Å². The number of aryl methyl sites for hydroxylation is 1. The molecule has 1 amide bonds. The van der Waals surface area contributed by atoms with Crippen molar-refractivity contribution in [3.05, 3.63) is 46.4 Å². The average molecular weight is 327 g/mol. The number of H-pyrrole nitrogens is 1. The number of hydrogen-bond donors (Lipinski definition) is 2. The Labute approximate surface area is 140 Å². The van der Waals surface area contributed by atoms with Gasteiger partial charge >= 0.3 is 0 Å². The van der Waals surface area contributed by atoms with Crippen molar-refractivity contribution < 1.29 is 14.3 Å². The lowest BCUT2D eigenvalue weighted by Gasteiger charge is -2.10. The summed E-state index contributed by atoms with van der Waals surface area (Å²) in [6.07, 6.45) is 3.86. The van der Waals surface area contributed by atoms with E-state index in [9.17, 15) is 9.59 Å². The molecule has 0 saturated heterocycles. The summed E-state index contributed by atoms with van der Waals surface area (Å²) in [5.41, 5.74) is 3.60. The Morgan fingerprint density at radius 3 is 3.00 bits per heavy atom. The van der Waals surface area contributed by atoms with Crippen LogP contribution in [0.15, 0.2) is 18.3 Å². The summed E-state index contributed by atoms with van der Waals surface area (Å²) in [5.74, 6) is 0.425. The molecule has 0 aromatic carbocycles. The summed E-state index contributed by atoms with van der Waals surface area (Å²) in [5, 5.41) is 2.88. The van der Waals surface area contributed by atoms with Gasteiger partial charge in [-0.2, -0.15) is 0 Å². The number of carbonyl (C=O) groups excluding carboxylic acids is 2. The first-order chi connectivity index (χ1) is 11.6. The molecule has 0 bridgehead atoms. The van der Waals surface area contributed by atoms with Crippen molar-refractivity contribution in [1.82, 2.24) is 15.3 Å². The first-order valence-electron chi connectivity index (χ1n) is 8.21. The van der Waals surface area contributed by atoms with Crippen molar-refractivity contribution in [3.63, 3.8) is 0 Å². The number of carbonyl (C=O) groups is 2. The Morgan fingerprint density at radius 2 is 2.25 bits per heavy atom. The molecule has 0 radical (unpaired) electrons. The van der Waals surface area contributed by atoms with Crippen LogP contribution in [-0.4, -0.2) is 28.3 Å². The molecule has 24 heavy (non-hydrogen) atoms. The van der Waals surface area contributed by atoms with Gasteiger partial charge in [-0.05, 0) is 38.3 Å². The van der Waals surface area contributed by atoms with E-state index in [1.54, 1.807) is 12.3 Å². The van der Waals surface area contributed by atoms with Crippen LogP contribution in [0.2, 0.25) is 0 Å². The fourth-order valence-corrected chi connectivity index (χ4v) is 3.09. The van der Waals surface area contributed by atoms with Gasteiger partial charge in [0.2, 0.25) is 5.88 Å². The molecule has 2 N–H and O–H groups in total. The summed E-state index contributed by atoms with van der Waals surface area (Å²) in [6.45, 7) is 4.55. The second kappa shape index (κ2) is 6.86. The van der Waals surface area contributed by atoms with E-state index in [1.807, 2.05) is 19.9 Å². The fraction of sp³-hybridized carbons (Fsp3) is 0.389. The lowest BCUT2D eigenvalue weighted by Crippen LogP contribution is -2.24. The number of aromatic amines is 1. The average Bonchev–Trinajstić information content (AvgIpc) is 2.92. The van der Waals surface area contributed by atoms with E-state index in [-0.39, 0.29) is 11.7 Å². The van der Waals surface area contributed by atoms with E-state index in [0.29, 0.717) is 36.7 Å². The van der Waals surface area contributed by atoms with E-state index in [0.717, 1.165) is 29.7 Å². The summed E-state index contributed by atoms with van der Waals surface area (Å²) >= 11 is 0. The molecule has 0 spiro atoms. The maximum Gasteiger partial charge on any atom is 0.268 e. The van der Waals surface area contributed by atoms with E-state index in [4.69, 9.17) is 4.74 Å². The van der Waals surface area contributed by atoms with Gasteiger partial charge < -0.3 is 15.0 Å². The van der Waals surface area contributed by atoms with Crippen LogP contribution in [0.3, 0.4) is 0 Å². The fourth-order valence-electron chi connectivity index (χ4n) is 3.09. The predicted molar refractivity (Wildman–Crippen MR) is 89.4 cm³/mol. The molecule has 126 valence electrons. The highest BCUT2D eigenvalue weighted by molar-refractivity contribution is 6.04. The summed E-state index contributed by atoms with van der Waals surface area (Å²) in [7, 11) is 0. The highest BCUT2D eigenvalue weighted by atomic mass is 16.5. The van der Waals surface area contributed by atoms with E-state index in [1.165, 1.54) is 0 Å². The van der Waals surface area contributed by atoms with Crippen LogP contribution in [0.25, 0.3) is 0 Å². The number of pyridine rings is 1. The Hall–Kier alpha value is -2.63. The SMILES string of the molecule is CCOc1ncccc1CNC(=O)c1[nH]c2c(c1C)C(=O)CCC2. The lowest BCUT2D eigenvalue weighted by molar-refractivity contribution is 0.0944. The number of ketones is 1. The second-order valence-corrected chi connectivity index (χ2v) is 5.84. The van der Waals surface area contributed by atoms with Crippen LogP contribution >= 0.6 is 0 Å². The van der Waals surface area contributed by atoms with Crippen LogP contribution in [0.5, 0.6) is 5.88 Å². The quantitative estimate of drug-likeness (QED) is 0.884. The molecule has 1 aliphatic rings. The number of nitrogens with one attached hydrogen (secondary N) is 2. The van der Waals surface area contributed by atoms with E-state index < -0.39 is 0 Å². The van der Waals surface area contributed by atoms with E-state index >= 15 is 0 Å². The number of ether oxygens (including phenoxy) is 1. The first-order valence-corrected chi connectivity index (χ1v) is 8.21. The van der Waals surface area contributed by atoms with Gasteiger partial charge in [0, 0.05) is 36.0 Å². The minimum absolute atomic E-state index is 0.120. The predicted octanol–water partition coefficient (Wildman–Crippen LogP) is 2.57. The van der Waals surface area contributed by atoms with Gasteiger partial charge in [0.05, 0.1) is 6.61 Å². The van der Waals surface area contributed by atoms with Gasteiger partial charge in [-0.1, -0.05) is 6.07 Å². The minimum Gasteiger partial charge on any atom is -0.478 e. The molecule has 0 fully saturated rings. The van der Waals surface area contributed by atoms with Gasteiger partial charge in [-0.15, -0.1) is 0 Å². The van der Waals surface area contributed by atoms with Gasteiger partial charge in [-0.25, -0.2) is 4.98 Å². The second-order valence-electron chi connectivity index (χ2n) is 5.84. The van der Waals surface area contributed by atoms with Crippen LogP contribution < -0.4 is 10.1 Å². The molecule has 2 heterocycles. The van der Waals surface area contributed by atoms with Crippen molar-refractivity contribution in [2.45, 2.75) is 39.7 Å². The summed E-state index contributed by atoms with van der Waals surface area (Å²) in [4.78, 5) is 31.9. The number of Topliss-reactive ketones (excluding diaryl/α,β-unsaturated/α-hetero) is 1. The third kappa shape index (κ3) is 3.04. The molecule has 3 rings (SSSR count). The number of rotatable bonds is 5. The van der Waals surface area contributed by atoms with Crippen molar-refractivity contribution >= 4 is 11.7 Å². The molecule has 2 aromatic heterocycles. The molecule has 1 aliphatic carbocycles. The van der Waals surface area contributed by atoms with Crippen LogP contribution in [0.4, 0.5) is 0 Å². The van der Waals surface area contributed by atoms with Crippen molar-refractivity contribution in [3.8, 4) is 5.88 Å². The minimum atomic E-state index is -0.221. The maximum atomic E-state index is 12.5. The zero-order valence-corrected chi connectivity index (χ0v) is 13.9. The molecule has 0 aliphatic heterocycles. The monoisotopic (exact) mass is 327 g/mol. The Balaban J connectivity index is 1.76. The molecule has 2 aromatic rings. The van der Waals surface area contributed by atoms with Crippen LogP contribution in [0.1, 0.15) is 57.4 Å². The van der Waals surface area contributed by atoms with Gasteiger partial charge in [0.1, 0.15) is 5.69 Å². The lowest BCUT2D eigenvalue weighted by atomic mass is 9.94. The zero-order chi connectivity index (χ0) is 17.1. The molecule has 6 nitrogen and oxygen atoms in total. The molecular formula is C18H21N3O3. The Kier molecular flexibility index (Phi) is 4.64. The number of aromatic nitrogens is 2. The smallest absolute Gasteiger partial charge is 0.268 e. The van der Waals surface area contributed by atoms with Crippen LogP contribution in [0, 0.1) is 6.92 Å². The topological polar surface area (TPSA) is 84.1 Å². The third-order valence-corrected chi connectivity index (χ3v) is 4.23. The highest BCUT2D eigenvalue weighted by Gasteiger charge is 2.26. The molecule has 6 heteroatoms. The number of nitrogens with zero attached hydrogens (tertiary/aromatic N) is 1. The molecule has 0 unspecified atom stereocenters.